The standard InChI is InChI=1S/C15H21N3O6S/c16-25(21,22)13-1-2-15(14(7-13)18(19)20)24-8-11-3-5-17(6-4-11)12-9-23-10-12/h1-2,7,11-12H,3-6,8-10H2,(H2,16,21,22). The van der Waals surface area contributed by atoms with Crippen LogP contribution >= 0.6 is 0 Å². The van der Waals surface area contributed by atoms with E-state index >= 15 is 0 Å². The number of nitro groups is 1. The predicted molar refractivity (Wildman–Crippen MR) is 88.9 cm³/mol. The van der Waals surface area contributed by atoms with Gasteiger partial charge in [-0.25, -0.2) is 13.6 Å². The lowest BCUT2D eigenvalue weighted by molar-refractivity contribution is -0.386. The number of benzene rings is 1. The molecule has 3 rings (SSSR count). The lowest BCUT2D eigenvalue weighted by atomic mass is 9.96. The van der Waals surface area contributed by atoms with Gasteiger partial charge in [-0.2, -0.15) is 0 Å². The van der Waals surface area contributed by atoms with Crippen molar-refractivity contribution in [3.05, 3.63) is 28.3 Å². The Morgan fingerprint density at radius 1 is 1.32 bits per heavy atom. The van der Waals surface area contributed by atoms with Gasteiger partial charge in [-0.1, -0.05) is 0 Å². The van der Waals surface area contributed by atoms with Gasteiger partial charge in [-0.05, 0) is 44.0 Å². The second-order valence-corrected chi connectivity index (χ2v) is 7.97. The minimum absolute atomic E-state index is 0.0622. The lowest BCUT2D eigenvalue weighted by Crippen LogP contribution is -2.52. The van der Waals surface area contributed by atoms with Crippen molar-refractivity contribution < 1.29 is 22.8 Å². The van der Waals surface area contributed by atoms with Crippen LogP contribution in [0.1, 0.15) is 12.8 Å². The van der Waals surface area contributed by atoms with Crippen molar-refractivity contribution in [1.82, 2.24) is 4.90 Å². The molecular formula is C15H21N3O6S. The van der Waals surface area contributed by atoms with Gasteiger partial charge in [0.25, 0.3) is 0 Å². The molecule has 0 spiro atoms. The minimum atomic E-state index is -4.00. The van der Waals surface area contributed by atoms with Crippen molar-refractivity contribution in [1.29, 1.82) is 0 Å². The molecule has 2 heterocycles. The molecule has 0 radical (unpaired) electrons. The van der Waals surface area contributed by atoms with Gasteiger partial charge >= 0.3 is 5.69 Å². The third-order valence-corrected chi connectivity index (χ3v) is 5.63. The van der Waals surface area contributed by atoms with Gasteiger partial charge in [-0.3, -0.25) is 15.0 Å². The van der Waals surface area contributed by atoms with Gasteiger partial charge in [0.05, 0.1) is 35.7 Å². The summed E-state index contributed by atoms with van der Waals surface area (Å²) in [5.74, 6) is 0.377. The summed E-state index contributed by atoms with van der Waals surface area (Å²) in [7, 11) is -4.00. The highest BCUT2D eigenvalue weighted by Gasteiger charge is 2.30. The van der Waals surface area contributed by atoms with Crippen molar-refractivity contribution in [3.63, 3.8) is 0 Å². The van der Waals surface area contributed by atoms with Crippen LogP contribution in [0.15, 0.2) is 23.1 Å². The molecular weight excluding hydrogens is 350 g/mol. The molecule has 1 aromatic carbocycles. The average Bonchev–Trinajstić information content (AvgIpc) is 2.51. The van der Waals surface area contributed by atoms with Crippen molar-refractivity contribution in [2.75, 3.05) is 32.9 Å². The largest absolute Gasteiger partial charge is 0.487 e. The van der Waals surface area contributed by atoms with Crippen molar-refractivity contribution in [3.8, 4) is 5.75 Å². The van der Waals surface area contributed by atoms with E-state index in [-0.39, 0.29) is 10.6 Å². The Kier molecular flexibility index (Phi) is 5.23. The van der Waals surface area contributed by atoms with Gasteiger partial charge in [0.15, 0.2) is 5.75 Å². The summed E-state index contributed by atoms with van der Waals surface area (Å²) < 4.78 is 33.5. The molecule has 0 unspecified atom stereocenters. The molecule has 0 bridgehead atoms. The van der Waals surface area contributed by atoms with Crippen LogP contribution in [0.3, 0.4) is 0 Å². The first kappa shape index (κ1) is 18.1. The van der Waals surface area contributed by atoms with E-state index in [1.165, 1.54) is 12.1 Å². The van der Waals surface area contributed by atoms with E-state index in [0.29, 0.717) is 18.6 Å². The molecule has 2 fully saturated rings. The molecule has 2 aliphatic heterocycles. The van der Waals surface area contributed by atoms with Crippen LogP contribution < -0.4 is 9.88 Å². The summed E-state index contributed by atoms with van der Waals surface area (Å²) >= 11 is 0. The van der Waals surface area contributed by atoms with E-state index in [9.17, 15) is 18.5 Å². The Balaban J connectivity index is 1.60. The zero-order valence-corrected chi connectivity index (χ0v) is 14.5. The number of hydrogen-bond acceptors (Lipinski definition) is 7. The summed E-state index contributed by atoms with van der Waals surface area (Å²) in [6.07, 6.45) is 1.92. The smallest absolute Gasteiger partial charge is 0.312 e. The number of nitrogens with zero attached hydrogens (tertiary/aromatic N) is 2. The number of hydrogen-bond donors (Lipinski definition) is 1. The highest BCUT2D eigenvalue weighted by Crippen LogP contribution is 2.31. The second-order valence-electron chi connectivity index (χ2n) is 6.41. The number of sulfonamides is 1. The zero-order valence-electron chi connectivity index (χ0n) is 13.7. The number of rotatable bonds is 6. The molecule has 0 atom stereocenters. The average molecular weight is 371 g/mol. The first-order valence-corrected chi connectivity index (χ1v) is 9.65. The van der Waals surface area contributed by atoms with Crippen LogP contribution in [-0.4, -0.2) is 57.2 Å². The molecule has 0 amide bonds. The Labute approximate surface area is 145 Å². The third kappa shape index (κ3) is 4.27. The number of primary sulfonamides is 1. The second kappa shape index (κ2) is 7.24. The van der Waals surface area contributed by atoms with Crippen molar-refractivity contribution in [2.24, 2.45) is 11.1 Å². The fourth-order valence-corrected chi connectivity index (χ4v) is 3.60. The number of likely N-dealkylation sites (tertiary alicyclic amines) is 1. The summed E-state index contributed by atoms with van der Waals surface area (Å²) in [5.41, 5.74) is -0.393. The fraction of sp³-hybridized carbons (Fsp3) is 0.600. The minimum Gasteiger partial charge on any atom is -0.487 e. The number of piperidine rings is 1. The molecule has 2 N–H and O–H groups in total. The van der Waals surface area contributed by atoms with E-state index in [4.69, 9.17) is 14.6 Å². The van der Waals surface area contributed by atoms with E-state index in [2.05, 4.69) is 4.90 Å². The normalized spacial score (nSPS) is 20.2. The topological polar surface area (TPSA) is 125 Å². The van der Waals surface area contributed by atoms with Crippen LogP contribution in [-0.2, 0) is 14.8 Å². The van der Waals surface area contributed by atoms with Crippen LogP contribution in [0.25, 0.3) is 0 Å². The van der Waals surface area contributed by atoms with E-state index in [1.54, 1.807) is 0 Å². The Morgan fingerprint density at radius 2 is 2.00 bits per heavy atom. The monoisotopic (exact) mass is 371 g/mol. The molecule has 138 valence electrons. The molecule has 0 aromatic heterocycles. The molecule has 2 aliphatic rings. The van der Waals surface area contributed by atoms with E-state index < -0.39 is 20.6 Å². The van der Waals surface area contributed by atoms with Crippen LogP contribution in [0, 0.1) is 16.0 Å². The Hall–Kier alpha value is -1.75. The number of nitrogens with two attached hydrogens (primary N) is 1. The van der Waals surface area contributed by atoms with Crippen molar-refractivity contribution >= 4 is 15.7 Å². The molecule has 2 saturated heterocycles. The SMILES string of the molecule is NS(=O)(=O)c1ccc(OCC2CCN(C3COC3)CC2)c([N+](=O)[O-])c1. The maximum absolute atomic E-state index is 11.3. The summed E-state index contributed by atoms with van der Waals surface area (Å²) in [4.78, 5) is 12.6. The summed E-state index contributed by atoms with van der Waals surface area (Å²) in [5, 5.41) is 16.2. The maximum Gasteiger partial charge on any atom is 0.312 e. The molecule has 25 heavy (non-hydrogen) atoms. The molecule has 0 aliphatic carbocycles. The molecule has 9 nitrogen and oxygen atoms in total. The highest BCUT2D eigenvalue weighted by molar-refractivity contribution is 7.89. The van der Waals surface area contributed by atoms with Gasteiger partial charge in [0.2, 0.25) is 10.0 Å². The lowest BCUT2D eigenvalue weighted by Gasteiger charge is -2.41. The van der Waals surface area contributed by atoms with Crippen LogP contribution in [0.4, 0.5) is 5.69 Å². The zero-order chi connectivity index (χ0) is 18.0. The first-order valence-electron chi connectivity index (χ1n) is 8.10. The summed E-state index contributed by atoms with van der Waals surface area (Å²) in [6, 6.07) is 3.97. The Bertz CT molecular complexity index is 742. The quantitative estimate of drug-likeness (QED) is 0.577. The van der Waals surface area contributed by atoms with Gasteiger partial charge in [0, 0.05) is 6.07 Å². The predicted octanol–water partition coefficient (Wildman–Crippen LogP) is 0.732. The van der Waals surface area contributed by atoms with Gasteiger partial charge < -0.3 is 9.47 Å². The number of nitro benzene ring substituents is 1. The van der Waals surface area contributed by atoms with Gasteiger partial charge in [0.1, 0.15) is 0 Å². The van der Waals surface area contributed by atoms with Crippen LogP contribution in [0.5, 0.6) is 5.75 Å². The third-order valence-electron chi connectivity index (χ3n) is 4.72. The maximum atomic E-state index is 11.3. The number of ether oxygens (including phenoxy) is 2. The molecule has 0 saturated carbocycles. The van der Waals surface area contributed by atoms with Gasteiger partial charge in [-0.15, -0.1) is 0 Å². The van der Waals surface area contributed by atoms with E-state index in [1.807, 2.05) is 0 Å². The fourth-order valence-electron chi connectivity index (χ4n) is 3.07. The molecule has 1 aromatic rings. The van der Waals surface area contributed by atoms with Crippen molar-refractivity contribution in [2.45, 2.75) is 23.8 Å². The Morgan fingerprint density at radius 3 is 2.52 bits per heavy atom. The highest BCUT2D eigenvalue weighted by atomic mass is 32.2. The van der Waals surface area contributed by atoms with E-state index in [0.717, 1.165) is 45.2 Å². The summed E-state index contributed by atoms with van der Waals surface area (Å²) in [6.45, 7) is 3.89. The molecule has 10 heteroatoms. The van der Waals surface area contributed by atoms with Crippen LogP contribution in [0.2, 0.25) is 0 Å². The first-order chi connectivity index (χ1) is 11.8.